The van der Waals surface area contributed by atoms with Gasteiger partial charge < -0.3 is 20.4 Å². The summed E-state index contributed by atoms with van der Waals surface area (Å²) in [5.41, 5.74) is 2.08. The van der Waals surface area contributed by atoms with Crippen LogP contribution in [0.25, 0.3) is 22.3 Å². The van der Waals surface area contributed by atoms with Crippen LogP contribution >= 0.6 is 0 Å². The summed E-state index contributed by atoms with van der Waals surface area (Å²) in [6, 6.07) is 22.6. The molecule has 0 heterocycles. The van der Waals surface area contributed by atoms with E-state index in [1.165, 1.54) is 24.3 Å². The van der Waals surface area contributed by atoms with E-state index in [0.717, 1.165) is 0 Å². The highest BCUT2D eigenvalue weighted by Gasteiger charge is 2.15. The number of para-hydroxylation sites is 2. The summed E-state index contributed by atoms with van der Waals surface area (Å²) >= 11 is 0. The van der Waals surface area contributed by atoms with Crippen molar-refractivity contribution in [3.63, 3.8) is 0 Å². The zero-order chi connectivity index (χ0) is 21.1. The van der Waals surface area contributed by atoms with Gasteiger partial charge in [-0.3, -0.25) is 9.78 Å². The molecule has 6 nitrogen and oxygen atoms in total. The van der Waals surface area contributed by atoms with E-state index in [1.54, 1.807) is 60.7 Å². The van der Waals surface area contributed by atoms with Crippen LogP contribution < -0.4 is 9.78 Å². The molecule has 0 aliphatic heterocycles. The Hall–Kier alpha value is -4.32. The van der Waals surface area contributed by atoms with Crippen LogP contribution in [0.15, 0.2) is 84.9 Å². The molecule has 150 valence electrons. The van der Waals surface area contributed by atoms with Gasteiger partial charge in [0, 0.05) is 34.4 Å². The molecule has 0 fully saturated rings. The second kappa shape index (κ2) is 7.97. The Labute approximate surface area is 172 Å². The average Bonchev–Trinajstić information content (AvgIpc) is 2.73. The van der Waals surface area contributed by atoms with E-state index in [9.17, 15) is 20.4 Å². The highest BCUT2D eigenvalue weighted by atomic mass is 17.2. The molecular weight excluding hydrogens is 384 g/mol. The van der Waals surface area contributed by atoms with Crippen LogP contribution in [0.5, 0.6) is 34.5 Å². The SMILES string of the molecule is Oc1ccc(-c2ccccc2OOc2ccccc2-c2ccc(O)cc2O)c(O)c1. The summed E-state index contributed by atoms with van der Waals surface area (Å²) < 4.78 is 0. The predicted molar refractivity (Wildman–Crippen MR) is 112 cm³/mol. The quantitative estimate of drug-likeness (QED) is 0.270. The molecule has 0 aliphatic carbocycles. The maximum absolute atomic E-state index is 10.2. The first kappa shape index (κ1) is 19.0. The van der Waals surface area contributed by atoms with Crippen LogP contribution in [0.1, 0.15) is 0 Å². The third-order valence-electron chi connectivity index (χ3n) is 4.54. The van der Waals surface area contributed by atoms with Crippen molar-refractivity contribution >= 4 is 0 Å². The van der Waals surface area contributed by atoms with Crippen molar-refractivity contribution in [3.05, 3.63) is 84.9 Å². The van der Waals surface area contributed by atoms with Gasteiger partial charge in [0.15, 0.2) is 11.5 Å². The number of phenols is 4. The van der Waals surface area contributed by atoms with E-state index >= 15 is 0 Å². The van der Waals surface area contributed by atoms with E-state index in [-0.39, 0.29) is 23.0 Å². The Morgan fingerprint density at radius 1 is 0.433 bits per heavy atom. The largest absolute Gasteiger partial charge is 0.508 e. The van der Waals surface area contributed by atoms with Crippen LogP contribution in [-0.2, 0) is 0 Å². The molecule has 0 amide bonds. The van der Waals surface area contributed by atoms with E-state index < -0.39 is 0 Å². The standard InChI is InChI=1S/C24H18O6/c25-15-9-11-17(21(27)13-15)19-5-1-3-7-23(19)29-30-24-8-4-2-6-20(24)18-12-10-16(26)14-22(18)28/h1-14,25-28H. The van der Waals surface area contributed by atoms with E-state index in [1.807, 2.05) is 0 Å². The number of hydrogen-bond donors (Lipinski definition) is 4. The molecule has 0 saturated carbocycles. The Morgan fingerprint density at radius 3 is 1.23 bits per heavy atom. The first-order valence-electron chi connectivity index (χ1n) is 9.10. The average molecular weight is 402 g/mol. The molecule has 0 aromatic heterocycles. The van der Waals surface area contributed by atoms with Crippen molar-refractivity contribution in [2.45, 2.75) is 0 Å². The zero-order valence-corrected chi connectivity index (χ0v) is 15.7. The van der Waals surface area contributed by atoms with Crippen molar-refractivity contribution < 1.29 is 30.2 Å². The lowest BCUT2D eigenvalue weighted by atomic mass is 10.0. The summed E-state index contributed by atoms with van der Waals surface area (Å²) in [6.07, 6.45) is 0. The fraction of sp³-hybridized carbons (Fsp3) is 0. The van der Waals surface area contributed by atoms with Crippen molar-refractivity contribution in [3.8, 4) is 56.8 Å². The van der Waals surface area contributed by atoms with Gasteiger partial charge in [-0.1, -0.05) is 36.4 Å². The maximum atomic E-state index is 10.2. The van der Waals surface area contributed by atoms with Crippen LogP contribution in [0.4, 0.5) is 0 Å². The summed E-state index contributed by atoms with van der Waals surface area (Å²) in [5, 5.41) is 39.5. The van der Waals surface area contributed by atoms with E-state index in [0.29, 0.717) is 33.8 Å². The van der Waals surface area contributed by atoms with Crippen molar-refractivity contribution in [1.82, 2.24) is 0 Å². The second-order valence-corrected chi connectivity index (χ2v) is 6.56. The normalized spacial score (nSPS) is 10.5. The fourth-order valence-electron chi connectivity index (χ4n) is 3.11. The molecule has 4 aromatic carbocycles. The minimum absolute atomic E-state index is 0.0477. The monoisotopic (exact) mass is 402 g/mol. The molecule has 4 rings (SSSR count). The third-order valence-corrected chi connectivity index (χ3v) is 4.54. The zero-order valence-electron chi connectivity index (χ0n) is 15.7. The number of aromatic hydroxyl groups is 4. The summed E-state index contributed by atoms with van der Waals surface area (Å²) in [4.78, 5) is 11.2. The van der Waals surface area contributed by atoms with Gasteiger partial charge in [0.1, 0.15) is 23.0 Å². The highest BCUT2D eigenvalue weighted by Crippen LogP contribution is 2.40. The van der Waals surface area contributed by atoms with Gasteiger partial charge >= 0.3 is 0 Å². The van der Waals surface area contributed by atoms with Gasteiger partial charge in [-0.25, -0.2) is 0 Å². The Bertz CT molecular complexity index is 1110. The first-order chi connectivity index (χ1) is 14.5. The minimum Gasteiger partial charge on any atom is -0.508 e. The Morgan fingerprint density at radius 2 is 0.833 bits per heavy atom. The topological polar surface area (TPSA) is 99.4 Å². The molecule has 0 bridgehead atoms. The summed E-state index contributed by atoms with van der Waals surface area (Å²) in [5.74, 6) is 0.412. The maximum Gasteiger partial charge on any atom is 0.186 e. The lowest BCUT2D eigenvalue weighted by molar-refractivity contribution is -0.0987. The van der Waals surface area contributed by atoms with Gasteiger partial charge in [-0.2, -0.15) is 0 Å². The second-order valence-electron chi connectivity index (χ2n) is 6.56. The fourth-order valence-corrected chi connectivity index (χ4v) is 3.11. The van der Waals surface area contributed by atoms with E-state index in [2.05, 4.69) is 0 Å². The van der Waals surface area contributed by atoms with Crippen molar-refractivity contribution in [1.29, 1.82) is 0 Å². The number of benzene rings is 4. The Kier molecular flexibility index (Phi) is 5.05. The molecule has 0 aliphatic rings. The van der Waals surface area contributed by atoms with Crippen LogP contribution in [0.2, 0.25) is 0 Å². The molecule has 0 radical (unpaired) electrons. The molecule has 0 spiro atoms. The molecule has 30 heavy (non-hydrogen) atoms. The molecule has 6 heteroatoms. The highest BCUT2D eigenvalue weighted by molar-refractivity contribution is 5.77. The minimum atomic E-state index is -0.0968. The molecule has 0 unspecified atom stereocenters. The van der Waals surface area contributed by atoms with Crippen LogP contribution in [0.3, 0.4) is 0 Å². The molecule has 4 aromatic rings. The Balaban J connectivity index is 1.66. The van der Waals surface area contributed by atoms with Gasteiger partial charge in [-0.05, 0) is 36.4 Å². The van der Waals surface area contributed by atoms with Gasteiger partial charge in [0.25, 0.3) is 0 Å². The number of hydrogen-bond acceptors (Lipinski definition) is 6. The number of rotatable bonds is 5. The smallest absolute Gasteiger partial charge is 0.186 e. The molecule has 0 atom stereocenters. The van der Waals surface area contributed by atoms with E-state index in [4.69, 9.17) is 9.78 Å². The molecular formula is C24H18O6. The summed E-state index contributed by atoms with van der Waals surface area (Å²) in [7, 11) is 0. The summed E-state index contributed by atoms with van der Waals surface area (Å²) in [6.45, 7) is 0. The van der Waals surface area contributed by atoms with Crippen molar-refractivity contribution in [2.24, 2.45) is 0 Å². The molecule has 0 saturated heterocycles. The third kappa shape index (κ3) is 3.79. The predicted octanol–water partition coefficient (Wildman–Crippen LogP) is 5.22. The molecule has 4 N–H and O–H groups in total. The van der Waals surface area contributed by atoms with Gasteiger partial charge in [0.2, 0.25) is 0 Å². The van der Waals surface area contributed by atoms with Crippen LogP contribution in [-0.4, -0.2) is 20.4 Å². The van der Waals surface area contributed by atoms with Gasteiger partial charge in [0.05, 0.1) is 0 Å². The lowest BCUT2D eigenvalue weighted by Crippen LogP contribution is -2.03. The van der Waals surface area contributed by atoms with Crippen LogP contribution in [0, 0.1) is 0 Å². The lowest BCUT2D eigenvalue weighted by Gasteiger charge is -2.14. The number of phenolic OH excluding ortho intramolecular Hbond substituents is 4. The first-order valence-corrected chi connectivity index (χ1v) is 9.10. The van der Waals surface area contributed by atoms with Gasteiger partial charge in [-0.15, -0.1) is 0 Å². The van der Waals surface area contributed by atoms with Crippen molar-refractivity contribution in [2.75, 3.05) is 0 Å².